The van der Waals surface area contributed by atoms with Crippen molar-refractivity contribution in [2.24, 2.45) is 0 Å². The van der Waals surface area contributed by atoms with Crippen molar-refractivity contribution in [1.29, 1.82) is 0 Å². The van der Waals surface area contributed by atoms with Gasteiger partial charge in [0.05, 0.1) is 11.0 Å². The van der Waals surface area contributed by atoms with Gasteiger partial charge in [-0.2, -0.15) is 0 Å². The zero-order valence-corrected chi connectivity index (χ0v) is 9.44. The van der Waals surface area contributed by atoms with Gasteiger partial charge in [0, 0.05) is 5.56 Å². The van der Waals surface area contributed by atoms with E-state index in [0.717, 1.165) is 0 Å². The Morgan fingerprint density at radius 2 is 1.81 bits per heavy atom. The lowest BCUT2D eigenvalue weighted by molar-refractivity contribution is -0.386. The first kappa shape index (κ1) is 10.7. The Bertz CT molecular complexity index is 448. The fraction of sp³-hybridized carbons (Fsp3) is 0.455. The average Bonchev–Trinajstić information content (AvgIpc) is 2.60. The number of ether oxygens (including phenoxy) is 2. The number of hydrogen-bond acceptors (Lipinski definition) is 4. The third-order valence-electron chi connectivity index (χ3n) is 2.50. The van der Waals surface area contributed by atoms with Gasteiger partial charge in [0.2, 0.25) is 6.79 Å². The molecule has 5 nitrogen and oxygen atoms in total. The third-order valence-corrected chi connectivity index (χ3v) is 2.50. The summed E-state index contributed by atoms with van der Waals surface area (Å²) in [6, 6.07) is 3.13. The minimum Gasteiger partial charge on any atom is -0.454 e. The molecule has 0 fully saturated rings. The van der Waals surface area contributed by atoms with Crippen LogP contribution in [0.1, 0.15) is 26.3 Å². The molecule has 0 spiro atoms. The summed E-state index contributed by atoms with van der Waals surface area (Å²) in [5, 5.41) is 11.0. The minimum atomic E-state index is -0.386. The Hall–Kier alpha value is -1.78. The van der Waals surface area contributed by atoms with Gasteiger partial charge in [0.1, 0.15) is 0 Å². The van der Waals surface area contributed by atoms with E-state index in [4.69, 9.17) is 9.47 Å². The van der Waals surface area contributed by atoms with Gasteiger partial charge < -0.3 is 9.47 Å². The second kappa shape index (κ2) is 3.37. The van der Waals surface area contributed by atoms with E-state index in [9.17, 15) is 10.1 Å². The third kappa shape index (κ3) is 1.68. The molecule has 16 heavy (non-hydrogen) atoms. The van der Waals surface area contributed by atoms with Crippen molar-refractivity contribution >= 4 is 5.69 Å². The maximum atomic E-state index is 11.0. The molecule has 0 radical (unpaired) electrons. The van der Waals surface area contributed by atoms with Crippen molar-refractivity contribution in [2.45, 2.75) is 26.2 Å². The van der Waals surface area contributed by atoms with Crippen molar-refractivity contribution in [3.63, 3.8) is 0 Å². The van der Waals surface area contributed by atoms with E-state index in [1.807, 2.05) is 20.8 Å². The Morgan fingerprint density at radius 3 is 2.31 bits per heavy atom. The zero-order valence-electron chi connectivity index (χ0n) is 9.44. The minimum absolute atomic E-state index is 0.0803. The van der Waals surface area contributed by atoms with Crippen LogP contribution in [-0.4, -0.2) is 11.7 Å². The van der Waals surface area contributed by atoms with Gasteiger partial charge in [-0.15, -0.1) is 0 Å². The van der Waals surface area contributed by atoms with E-state index in [-0.39, 0.29) is 22.8 Å². The van der Waals surface area contributed by atoms with Gasteiger partial charge in [-0.05, 0) is 11.5 Å². The van der Waals surface area contributed by atoms with Crippen LogP contribution in [0.15, 0.2) is 12.1 Å². The lowest BCUT2D eigenvalue weighted by Gasteiger charge is -2.19. The van der Waals surface area contributed by atoms with Gasteiger partial charge in [-0.3, -0.25) is 10.1 Å². The van der Waals surface area contributed by atoms with Crippen molar-refractivity contribution in [3.05, 3.63) is 27.8 Å². The molecule has 0 unspecified atom stereocenters. The van der Waals surface area contributed by atoms with Crippen LogP contribution in [0.25, 0.3) is 0 Å². The van der Waals surface area contributed by atoms with Crippen molar-refractivity contribution in [1.82, 2.24) is 0 Å². The number of rotatable bonds is 1. The quantitative estimate of drug-likeness (QED) is 0.542. The van der Waals surface area contributed by atoms with E-state index in [1.165, 1.54) is 6.07 Å². The van der Waals surface area contributed by atoms with Crippen LogP contribution in [0.4, 0.5) is 5.69 Å². The highest BCUT2D eigenvalue weighted by atomic mass is 16.7. The summed E-state index contributed by atoms with van der Waals surface area (Å²) in [7, 11) is 0. The Kier molecular flexibility index (Phi) is 2.26. The molecule has 86 valence electrons. The summed E-state index contributed by atoms with van der Waals surface area (Å²) < 4.78 is 10.4. The maximum absolute atomic E-state index is 11.0. The summed E-state index contributed by atoms with van der Waals surface area (Å²) in [6.07, 6.45) is 0. The molecule has 0 aromatic heterocycles. The monoisotopic (exact) mass is 223 g/mol. The molecule has 0 saturated carbocycles. The highest BCUT2D eigenvalue weighted by Gasteiger charge is 2.29. The van der Waals surface area contributed by atoms with Gasteiger partial charge in [0.15, 0.2) is 11.5 Å². The smallest absolute Gasteiger partial charge is 0.277 e. The molecule has 1 aromatic carbocycles. The molecule has 0 atom stereocenters. The van der Waals surface area contributed by atoms with Crippen LogP contribution in [-0.2, 0) is 5.41 Å². The SMILES string of the molecule is CC(C)(C)c1cc2c(cc1[N+](=O)[O-])OCO2. The molecule has 0 bridgehead atoms. The van der Waals surface area contributed by atoms with Crippen molar-refractivity contribution in [3.8, 4) is 11.5 Å². The number of nitro groups is 1. The lowest BCUT2D eigenvalue weighted by Crippen LogP contribution is -2.13. The fourth-order valence-corrected chi connectivity index (χ4v) is 1.68. The van der Waals surface area contributed by atoms with E-state index in [2.05, 4.69) is 0 Å². The largest absolute Gasteiger partial charge is 0.454 e. The summed E-state index contributed by atoms with van der Waals surface area (Å²) in [5.74, 6) is 1.02. The predicted molar refractivity (Wildman–Crippen MR) is 57.9 cm³/mol. The standard InChI is InChI=1S/C11H13NO4/c1-11(2,3)7-4-9-10(16-6-15-9)5-8(7)12(13)14/h4-5H,6H2,1-3H3. The summed E-state index contributed by atoms with van der Waals surface area (Å²) >= 11 is 0. The highest BCUT2D eigenvalue weighted by molar-refractivity contribution is 5.57. The van der Waals surface area contributed by atoms with Crippen LogP contribution in [0, 0.1) is 10.1 Å². The van der Waals surface area contributed by atoms with Crippen molar-refractivity contribution < 1.29 is 14.4 Å². The molecule has 0 N–H and O–H groups in total. The number of fused-ring (bicyclic) bond motifs is 1. The molecular weight excluding hydrogens is 210 g/mol. The highest BCUT2D eigenvalue weighted by Crippen LogP contribution is 2.42. The van der Waals surface area contributed by atoms with Crippen LogP contribution >= 0.6 is 0 Å². The number of benzene rings is 1. The van der Waals surface area contributed by atoms with Gasteiger partial charge in [0.25, 0.3) is 5.69 Å². The Morgan fingerprint density at radius 1 is 1.25 bits per heavy atom. The normalized spacial score (nSPS) is 13.9. The number of nitro benzene ring substituents is 1. The molecule has 0 amide bonds. The van der Waals surface area contributed by atoms with Gasteiger partial charge in [-0.25, -0.2) is 0 Å². The van der Waals surface area contributed by atoms with E-state index in [1.54, 1.807) is 6.07 Å². The molecular formula is C11H13NO4. The average molecular weight is 223 g/mol. The maximum Gasteiger partial charge on any atom is 0.277 e. The van der Waals surface area contributed by atoms with Crippen LogP contribution in [0.5, 0.6) is 11.5 Å². The summed E-state index contributed by atoms with van der Waals surface area (Å²) in [5.41, 5.74) is 0.433. The molecule has 1 heterocycles. The van der Waals surface area contributed by atoms with Gasteiger partial charge >= 0.3 is 0 Å². The first-order valence-electron chi connectivity index (χ1n) is 4.98. The lowest BCUT2D eigenvalue weighted by atomic mass is 9.85. The summed E-state index contributed by atoms with van der Waals surface area (Å²) in [6.45, 7) is 5.91. The number of nitrogens with zero attached hydrogens (tertiary/aromatic N) is 1. The summed E-state index contributed by atoms with van der Waals surface area (Å²) in [4.78, 5) is 10.6. The van der Waals surface area contributed by atoms with Crippen molar-refractivity contribution in [2.75, 3.05) is 6.79 Å². The van der Waals surface area contributed by atoms with E-state index < -0.39 is 0 Å². The zero-order chi connectivity index (χ0) is 11.9. The topological polar surface area (TPSA) is 61.6 Å². The number of hydrogen-bond donors (Lipinski definition) is 0. The predicted octanol–water partition coefficient (Wildman–Crippen LogP) is 2.62. The Labute approximate surface area is 93.1 Å². The first-order chi connectivity index (χ1) is 7.39. The molecule has 1 aromatic rings. The first-order valence-corrected chi connectivity index (χ1v) is 4.98. The molecule has 5 heteroatoms. The fourth-order valence-electron chi connectivity index (χ4n) is 1.68. The van der Waals surface area contributed by atoms with Crippen LogP contribution in [0.2, 0.25) is 0 Å². The molecule has 1 aliphatic heterocycles. The van der Waals surface area contributed by atoms with Gasteiger partial charge in [-0.1, -0.05) is 20.8 Å². The second-order valence-corrected chi connectivity index (χ2v) is 4.73. The van der Waals surface area contributed by atoms with Crippen LogP contribution < -0.4 is 9.47 Å². The molecule has 0 aliphatic carbocycles. The van der Waals surface area contributed by atoms with Crippen LogP contribution in [0.3, 0.4) is 0 Å². The molecule has 0 saturated heterocycles. The van der Waals surface area contributed by atoms with E-state index >= 15 is 0 Å². The molecule has 1 aliphatic rings. The van der Waals surface area contributed by atoms with E-state index in [0.29, 0.717) is 17.1 Å². The second-order valence-electron chi connectivity index (χ2n) is 4.73. The Balaban J connectivity index is 2.62. The molecule has 2 rings (SSSR count).